The maximum absolute atomic E-state index is 11.9. The van der Waals surface area contributed by atoms with Crippen molar-refractivity contribution in [1.29, 1.82) is 0 Å². The molecule has 0 aliphatic heterocycles. The maximum Gasteiger partial charge on any atom is 0.253 e. The first-order valence-electron chi connectivity index (χ1n) is 5.67. The number of aryl methyl sites for hydroxylation is 1. The Morgan fingerprint density at radius 3 is 2.79 bits per heavy atom. The number of amides is 1. The first-order chi connectivity index (χ1) is 9.06. The summed E-state index contributed by atoms with van der Waals surface area (Å²) in [5, 5.41) is 3.03. The fraction of sp³-hybridized carbons (Fsp3) is 0.154. The van der Waals surface area contributed by atoms with Crippen LogP contribution < -0.4 is 11.1 Å². The Bertz CT molecular complexity index is 598. The molecule has 0 saturated heterocycles. The number of nitrogens with one attached hydrogen (secondary N) is 1. The average molecular weight is 277 g/mol. The van der Waals surface area contributed by atoms with Gasteiger partial charge in [0, 0.05) is 24.6 Å². The highest BCUT2D eigenvalue weighted by Gasteiger charge is 2.08. The smallest absolute Gasteiger partial charge is 0.253 e. The molecule has 0 unspecified atom stereocenters. The van der Waals surface area contributed by atoms with Gasteiger partial charge in [-0.1, -0.05) is 17.7 Å². The number of carbonyl (C=O) groups is 1. The number of hydrogen-bond acceptors (Lipinski definition) is 4. The highest BCUT2D eigenvalue weighted by molar-refractivity contribution is 6.33. The van der Waals surface area contributed by atoms with Crippen LogP contribution in [0.25, 0.3) is 0 Å². The van der Waals surface area contributed by atoms with Crippen LogP contribution in [-0.4, -0.2) is 15.9 Å². The molecule has 2 heterocycles. The summed E-state index contributed by atoms with van der Waals surface area (Å²) in [6, 6.07) is 5.30. The van der Waals surface area contributed by atoms with Crippen molar-refractivity contribution in [3.8, 4) is 0 Å². The van der Waals surface area contributed by atoms with Crippen molar-refractivity contribution in [2.75, 3.05) is 5.73 Å². The SMILES string of the molecule is Cc1ccc(CNC(=O)c2cnc(N)c(Cl)c2)cn1. The number of nitrogens with zero attached hydrogens (tertiary/aromatic N) is 2. The Morgan fingerprint density at radius 2 is 2.16 bits per heavy atom. The third-order valence-electron chi connectivity index (χ3n) is 2.56. The fourth-order valence-electron chi connectivity index (χ4n) is 1.46. The lowest BCUT2D eigenvalue weighted by atomic mass is 10.2. The van der Waals surface area contributed by atoms with E-state index >= 15 is 0 Å². The van der Waals surface area contributed by atoms with Gasteiger partial charge in [0.1, 0.15) is 5.82 Å². The van der Waals surface area contributed by atoms with Crippen LogP contribution in [0.1, 0.15) is 21.6 Å². The molecule has 0 fully saturated rings. The predicted octanol–water partition coefficient (Wildman–Crippen LogP) is 1.95. The second kappa shape index (κ2) is 5.67. The summed E-state index contributed by atoms with van der Waals surface area (Å²) >= 11 is 5.81. The largest absolute Gasteiger partial charge is 0.382 e. The van der Waals surface area contributed by atoms with Crippen molar-refractivity contribution in [1.82, 2.24) is 15.3 Å². The molecule has 0 aliphatic carbocycles. The van der Waals surface area contributed by atoms with Crippen molar-refractivity contribution in [2.45, 2.75) is 13.5 Å². The molecule has 2 rings (SSSR count). The average Bonchev–Trinajstić information content (AvgIpc) is 2.41. The lowest BCUT2D eigenvalue weighted by Crippen LogP contribution is -2.23. The number of carbonyl (C=O) groups excluding carboxylic acids is 1. The van der Waals surface area contributed by atoms with E-state index in [0.717, 1.165) is 11.3 Å². The number of anilines is 1. The number of nitrogens with two attached hydrogens (primary N) is 1. The molecule has 0 spiro atoms. The van der Waals surface area contributed by atoms with Gasteiger partial charge in [-0.25, -0.2) is 4.98 Å². The van der Waals surface area contributed by atoms with E-state index in [0.29, 0.717) is 12.1 Å². The summed E-state index contributed by atoms with van der Waals surface area (Å²) in [5.41, 5.74) is 7.72. The van der Waals surface area contributed by atoms with Crippen molar-refractivity contribution in [3.05, 3.63) is 52.4 Å². The quantitative estimate of drug-likeness (QED) is 0.898. The number of nitrogen functional groups attached to an aromatic ring is 1. The van der Waals surface area contributed by atoms with Gasteiger partial charge in [-0.15, -0.1) is 0 Å². The first-order valence-corrected chi connectivity index (χ1v) is 6.05. The molecule has 0 radical (unpaired) electrons. The Labute approximate surface area is 115 Å². The summed E-state index contributed by atoms with van der Waals surface area (Å²) in [6.07, 6.45) is 3.12. The van der Waals surface area contributed by atoms with Gasteiger partial charge in [-0.2, -0.15) is 0 Å². The summed E-state index contributed by atoms with van der Waals surface area (Å²) < 4.78 is 0. The second-order valence-corrected chi connectivity index (χ2v) is 4.49. The van der Waals surface area contributed by atoms with Crippen LogP contribution in [-0.2, 0) is 6.54 Å². The van der Waals surface area contributed by atoms with Crippen LogP contribution in [0, 0.1) is 6.92 Å². The lowest BCUT2D eigenvalue weighted by Gasteiger charge is -2.06. The van der Waals surface area contributed by atoms with E-state index in [4.69, 9.17) is 17.3 Å². The van der Waals surface area contributed by atoms with Gasteiger partial charge >= 0.3 is 0 Å². The van der Waals surface area contributed by atoms with Crippen LogP contribution in [0.2, 0.25) is 5.02 Å². The van der Waals surface area contributed by atoms with Crippen LogP contribution in [0.5, 0.6) is 0 Å². The van der Waals surface area contributed by atoms with Crippen molar-refractivity contribution < 1.29 is 4.79 Å². The molecular formula is C13H13ClN4O. The molecule has 5 nitrogen and oxygen atoms in total. The van der Waals surface area contributed by atoms with Crippen LogP contribution in [0.15, 0.2) is 30.6 Å². The van der Waals surface area contributed by atoms with E-state index < -0.39 is 0 Å². The molecule has 0 aliphatic rings. The summed E-state index contributed by atoms with van der Waals surface area (Å²) in [4.78, 5) is 19.9. The lowest BCUT2D eigenvalue weighted by molar-refractivity contribution is 0.0950. The number of hydrogen-bond donors (Lipinski definition) is 2. The molecule has 0 bridgehead atoms. The van der Waals surface area contributed by atoms with Gasteiger partial charge < -0.3 is 11.1 Å². The third kappa shape index (κ3) is 3.42. The minimum atomic E-state index is -0.255. The highest BCUT2D eigenvalue weighted by Crippen LogP contribution is 2.16. The molecule has 19 heavy (non-hydrogen) atoms. The predicted molar refractivity (Wildman–Crippen MR) is 73.8 cm³/mol. The van der Waals surface area contributed by atoms with E-state index in [9.17, 15) is 4.79 Å². The Morgan fingerprint density at radius 1 is 1.37 bits per heavy atom. The van der Waals surface area contributed by atoms with E-state index in [2.05, 4.69) is 15.3 Å². The molecule has 2 aromatic rings. The normalized spacial score (nSPS) is 10.2. The van der Waals surface area contributed by atoms with Gasteiger partial charge in [0.05, 0.1) is 10.6 Å². The summed E-state index contributed by atoms with van der Waals surface area (Å²) in [7, 11) is 0. The zero-order valence-corrected chi connectivity index (χ0v) is 11.1. The van der Waals surface area contributed by atoms with E-state index in [-0.39, 0.29) is 16.7 Å². The Balaban J connectivity index is 2.01. The standard InChI is InChI=1S/C13H13ClN4O/c1-8-2-3-9(5-16-8)6-18-13(19)10-4-11(14)12(15)17-7-10/h2-5,7H,6H2,1H3,(H2,15,17)(H,18,19). The van der Waals surface area contributed by atoms with Crippen LogP contribution in [0.4, 0.5) is 5.82 Å². The number of halogens is 1. The molecule has 0 saturated carbocycles. The van der Waals surface area contributed by atoms with E-state index in [1.165, 1.54) is 12.3 Å². The molecule has 2 aromatic heterocycles. The first kappa shape index (κ1) is 13.3. The molecule has 98 valence electrons. The number of rotatable bonds is 3. The van der Waals surface area contributed by atoms with E-state index in [1.807, 2.05) is 19.1 Å². The van der Waals surface area contributed by atoms with Crippen molar-refractivity contribution in [2.24, 2.45) is 0 Å². The second-order valence-electron chi connectivity index (χ2n) is 4.08. The Kier molecular flexibility index (Phi) is 3.97. The van der Waals surface area contributed by atoms with Gasteiger partial charge in [-0.3, -0.25) is 9.78 Å². The minimum Gasteiger partial charge on any atom is -0.382 e. The molecule has 3 N–H and O–H groups in total. The molecule has 6 heteroatoms. The zero-order chi connectivity index (χ0) is 13.8. The van der Waals surface area contributed by atoms with Crippen LogP contribution >= 0.6 is 11.6 Å². The maximum atomic E-state index is 11.9. The Hall–Kier alpha value is -2.14. The van der Waals surface area contributed by atoms with Gasteiger partial charge in [0.2, 0.25) is 0 Å². The monoisotopic (exact) mass is 276 g/mol. The minimum absolute atomic E-state index is 0.209. The van der Waals surface area contributed by atoms with E-state index in [1.54, 1.807) is 6.20 Å². The number of pyridine rings is 2. The summed E-state index contributed by atoms with van der Waals surface area (Å²) in [5.74, 6) is -0.0454. The van der Waals surface area contributed by atoms with Gasteiger partial charge in [0.15, 0.2) is 0 Å². The van der Waals surface area contributed by atoms with Gasteiger partial charge in [0.25, 0.3) is 5.91 Å². The zero-order valence-electron chi connectivity index (χ0n) is 10.4. The van der Waals surface area contributed by atoms with Crippen molar-refractivity contribution in [3.63, 3.8) is 0 Å². The third-order valence-corrected chi connectivity index (χ3v) is 2.86. The molecule has 0 aromatic carbocycles. The number of aromatic nitrogens is 2. The molecule has 1 amide bonds. The van der Waals surface area contributed by atoms with Gasteiger partial charge in [-0.05, 0) is 24.6 Å². The van der Waals surface area contributed by atoms with Crippen molar-refractivity contribution >= 4 is 23.3 Å². The highest BCUT2D eigenvalue weighted by atomic mass is 35.5. The van der Waals surface area contributed by atoms with Crippen LogP contribution in [0.3, 0.4) is 0 Å². The molecular weight excluding hydrogens is 264 g/mol. The molecule has 0 atom stereocenters. The topological polar surface area (TPSA) is 80.9 Å². The fourth-order valence-corrected chi connectivity index (χ4v) is 1.63. The summed E-state index contributed by atoms with van der Waals surface area (Å²) in [6.45, 7) is 2.30.